The minimum atomic E-state index is -0.746. The summed E-state index contributed by atoms with van der Waals surface area (Å²) in [5.74, 6) is -0.746. The van der Waals surface area contributed by atoms with Gasteiger partial charge in [0.25, 0.3) is 0 Å². The van der Waals surface area contributed by atoms with Gasteiger partial charge in [0.1, 0.15) is 0 Å². The van der Waals surface area contributed by atoms with Crippen LogP contribution < -0.4 is 0 Å². The van der Waals surface area contributed by atoms with E-state index in [-0.39, 0.29) is 0 Å². The predicted molar refractivity (Wildman–Crippen MR) is 94.1 cm³/mol. The van der Waals surface area contributed by atoms with Crippen LogP contribution in [0.1, 0.15) is 96.8 Å². The summed E-state index contributed by atoms with van der Waals surface area (Å²) in [7, 11) is 0. The quantitative estimate of drug-likeness (QED) is 0.334. The van der Waals surface area contributed by atoms with Crippen LogP contribution in [-0.4, -0.2) is 11.1 Å². The van der Waals surface area contributed by atoms with Gasteiger partial charge in [-0.25, -0.2) is 4.79 Å². The highest BCUT2D eigenvalue weighted by Crippen LogP contribution is 2.24. The van der Waals surface area contributed by atoms with Crippen molar-refractivity contribution < 1.29 is 9.90 Å². The van der Waals surface area contributed by atoms with Gasteiger partial charge in [-0.2, -0.15) is 0 Å². The molecule has 0 bridgehead atoms. The lowest BCUT2D eigenvalue weighted by molar-refractivity contribution is -0.132. The highest BCUT2D eigenvalue weighted by atomic mass is 16.4. The highest BCUT2D eigenvalue weighted by Gasteiger charge is 2.14. The van der Waals surface area contributed by atoms with E-state index in [1.54, 1.807) is 0 Å². The molecule has 126 valence electrons. The van der Waals surface area contributed by atoms with Gasteiger partial charge in [-0.05, 0) is 44.1 Å². The van der Waals surface area contributed by atoms with E-state index in [2.05, 4.69) is 13.0 Å². The number of carboxylic acids is 1. The second-order valence-corrected chi connectivity index (χ2v) is 6.52. The Labute approximate surface area is 136 Å². The van der Waals surface area contributed by atoms with Crippen LogP contribution in [0.25, 0.3) is 0 Å². The van der Waals surface area contributed by atoms with Crippen molar-refractivity contribution >= 4 is 5.97 Å². The van der Waals surface area contributed by atoms with Crippen molar-refractivity contribution in [3.8, 4) is 0 Å². The van der Waals surface area contributed by atoms with E-state index in [1.165, 1.54) is 57.8 Å². The Bertz CT molecular complexity index is 366. The summed E-state index contributed by atoms with van der Waals surface area (Å²) in [4.78, 5) is 11.4. The standard InChI is InChI=1S/C20H34O2/c1-2-3-4-5-6-7-8-9-10-14-17-19(20(21)22)18-15-12-11-13-16-18/h15,17H,2-14,16H2,1H3,(H,21,22). The fraction of sp³-hybridized carbons (Fsp3) is 0.750. The number of unbranched alkanes of at least 4 members (excludes halogenated alkanes) is 9. The Morgan fingerprint density at radius 3 is 2.23 bits per heavy atom. The van der Waals surface area contributed by atoms with Crippen LogP contribution in [0.5, 0.6) is 0 Å². The lowest BCUT2D eigenvalue weighted by Gasteiger charge is -2.13. The molecule has 0 radical (unpaired) electrons. The second kappa shape index (κ2) is 12.5. The van der Waals surface area contributed by atoms with Gasteiger partial charge in [0.15, 0.2) is 0 Å². The molecule has 0 aromatic rings. The zero-order valence-electron chi connectivity index (χ0n) is 14.4. The summed E-state index contributed by atoms with van der Waals surface area (Å²) in [5, 5.41) is 9.36. The molecule has 1 rings (SSSR count). The van der Waals surface area contributed by atoms with Gasteiger partial charge in [-0.3, -0.25) is 0 Å². The molecule has 22 heavy (non-hydrogen) atoms. The van der Waals surface area contributed by atoms with Crippen molar-refractivity contribution in [1.29, 1.82) is 0 Å². The van der Waals surface area contributed by atoms with Gasteiger partial charge in [0.2, 0.25) is 0 Å². The first-order chi connectivity index (χ1) is 10.8. The van der Waals surface area contributed by atoms with Gasteiger partial charge in [-0.1, -0.05) is 70.4 Å². The van der Waals surface area contributed by atoms with Crippen LogP contribution in [-0.2, 0) is 4.79 Å². The van der Waals surface area contributed by atoms with Crippen LogP contribution in [0.15, 0.2) is 23.3 Å². The maximum atomic E-state index is 11.4. The Hall–Kier alpha value is -1.05. The molecule has 0 saturated carbocycles. The molecule has 0 amide bonds. The molecule has 0 aromatic carbocycles. The molecule has 1 N–H and O–H groups in total. The number of hydrogen-bond acceptors (Lipinski definition) is 1. The monoisotopic (exact) mass is 306 g/mol. The molecular weight excluding hydrogens is 272 g/mol. The number of carbonyl (C=O) groups is 1. The van der Waals surface area contributed by atoms with E-state index in [1.807, 2.05) is 6.08 Å². The number of aliphatic carboxylic acids is 1. The number of carboxylic acid groups (broad SMARTS) is 1. The maximum absolute atomic E-state index is 11.4. The molecule has 0 unspecified atom stereocenters. The molecule has 2 heteroatoms. The molecule has 1 aliphatic rings. The largest absolute Gasteiger partial charge is 0.478 e. The van der Waals surface area contributed by atoms with Crippen molar-refractivity contribution in [3.05, 3.63) is 23.3 Å². The van der Waals surface area contributed by atoms with Gasteiger partial charge < -0.3 is 5.11 Å². The van der Waals surface area contributed by atoms with Crippen LogP contribution in [0.3, 0.4) is 0 Å². The number of allylic oxidation sites excluding steroid dienone is 2. The first-order valence-corrected chi connectivity index (χ1v) is 9.38. The topological polar surface area (TPSA) is 37.3 Å². The number of hydrogen-bond donors (Lipinski definition) is 1. The fourth-order valence-electron chi connectivity index (χ4n) is 3.14. The third-order valence-corrected chi connectivity index (χ3v) is 4.52. The minimum Gasteiger partial charge on any atom is -0.478 e. The SMILES string of the molecule is CCCCCCCCCCCC=C(C(=O)O)C1=CCCCC1. The zero-order chi connectivity index (χ0) is 16.0. The normalized spacial score (nSPS) is 15.7. The van der Waals surface area contributed by atoms with Gasteiger partial charge in [0, 0.05) is 0 Å². The Morgan fingerprint density at radius 2 is 1.68 bits per heavy atom. The molecule has 0 saturated heterocycles. The van der Waals surface area contributed by atoms with Crippen LogP contribution >= 0.6 is 0 Å². The lowest BCUT2D eigenvalue weighted by Crippen LogP contribution is -2.06. The van der Waals surface area contributed by atoms with Crippen molar-refractivity contribution in [3.63, 3.8) is 0 Å². The Balaban J connectivity index is 2.14. The third-order valence-electron chi connectivity index (χ3n) is 4.52. The summed E-state index contributed by atoms with van der Waals surface area (Å²) < 4.78 is 0. The van der Waals surface area contributed by atoms with Crippen LogP contribution in [0.4, 0.5) is 0 Å². The summed E-state index contributed by atoms with van der Waals surface area (Å²) in [6, 6.07) is 0. The van der Waals surface area contributed by atoms with E-state index >= 15 is 0 Å². The summed E-state index contributed by atoms with van der Waals surface area (Å²) >= 11 is 0. The van der Waals surface area contributed by atoms with Gasteiger partial charge in [-0.15, -0.1) is 0 Å². The van der Waals surface area contributed by atoms with E-state index in [0.717, 1.165) is 37.7 Å². The summed E-state index contributed by atoms with van der Waals surface area (Å²) in [5.41, 5.74) is 1.63. The molecule has 0 fully saturated rings. The number of rotatable bonds is 12. The molecule has 2 nitrogen and oxygen atoms in total. The molecule has 0 spiro atoms. The smallest absolute Gasteiger partial charge is 0.335 e. The van der Waals surface area contributed by atoms with Gasteiger partial charge in [0.05, 0.1) is 5.57 Å². The Kier molecular flexibility index (Phi) is 10.8. The van der Waals surface area contributed by atoms with Crippen molar-refractivity contribution in [2.75, 3.05) is 0 Å². The summed E-state index contributed by atoms with van der Waals surface area (Å²) in [6.07, 6.45) is 21.1. The fourth-order valence-corrected chi connectivity index (χ4v) is 3.14. The molecule has 0 aliphatic heterocycles. The zero-order valence-corrected chi connectivity index (χ0v) is 14.4. The van der Waals surface area contributed by atoms with Crippen molar-refractivity contribution in [1.82, 2.24) is 0 Å². The maximum Gasteiger partial charge on any atom is 0.335 e. The van der Waals surface area contributed by atoms with E-state index < -0.39 is 5.97 Å². The molecule has 0 aromatic heterocycles. The van der Waals surface area contributed by atoms with E-state index in [0.29, 0.717) is 5.57 Å². The average Bonchev–Trinajstić information content (AvgIpc) is 2.53. The van der Waals surface area contributed by atoms with Crippen LogP contribution in [0, 0.1) is 0 Å². The van der Waals surface area contributed by atoms with Crippen LogP contribution in [0.2, 0.25) is 0 Å². The lowest BCUT2D eigenvalue weighted by atomic mass is 9.92. The Morgan fingerprint density at radius 1 is 1.05 bits per heavy atom. The average molecular weight is 306 g/mol. The second-order valence-electron chi connectivity index (χ2n) is 6.52. The molecular formula is C20H34O2. The molecule has 1 aliphatic carbocycles. The summed E-state index contributed by atoms with van der Waals surface area (Å²) in [6.45, 7) is 2.25. The molecule has 0 atom stereocenters. The predicted octanol–water partition coefficient (Wildman–Crippen LogP) is 6.42. The molecule has 0 heterocycles. The van der Waals surface area contributed by atoms with Crippen molar-refractivity contribution in [2.24, 2.45) is 0 Å². The highest BCUT2D eigenvalue weighted by molar-refractivity contribution is 5.91. The van der Waals surface area contributed by atoms with Gasteiger partial charge >= 0.3 is 5.97 Å². The van der Waals surface area contributed by atoms with Crippen molar-refractivity contribution in [2.45, 2.75) is 96.8 Å². The minimum absolute atomic E-state index is 0.569. The van der Waals surface area contributed by atoms with E-state index in [9.17, 15) is 9.90 Å². The first-order valence-electron chi connectivity index (χ1n) is 9.38. The van der Waals surface area contributed by atoms with E-state index in [4.69, 9.17) is 0 Å². The third kappa shape index (κ3) is 8.41. The first kappa shape index (κ1) is 19.0.